The van der Waals surface area contributed by atoms with Crippen LogP contribution in [0, 0.1) is 0 Å². The predicted molar refractivity (Wildman–Crippen MR) is 60.2 cm³/mol. The van der Waals surface area contributed by atoms with Crippen molar-refractivity contribution in [2.75, 3.05) is 26.2 Å². The number of piperazine rings is 1. The number of quaternary nitrogens is 2. The normalized spacial score (nSPS) is 18.4. The molecule has 0 radical (unpaired) electrons. The van der Waals surface area contributed by atoms with Gasteiger partial charge in [-0.1, -0.05) is 34.1 Å². The average Bonchev–Trinajstić information content (AvgIpc) is 2.23. The number of nitrogens with two attached hydrogens (primary N) is 1. The van der Waals surface area contributed by atoms with E-state index < -0.39 is 0 Å². The summed E-state index contributed by atoms with van der Waals surface area (Å²) in [4.78, 5) is 1.71. The van der Waals surface area contributed by atoms with E-state index in [2.05, 4.69) is 45.5 Å². The molecule has 0 unspecified atom stereocenters. The molecular formula is C11H17BrN2+2. The molecule has 0 saturated carbocycles. The Bertz CT molecular complexity index is 295. The standard InChI is InChI=1S/C11H15BrN2/c12-11-4-2-1-3-10(11)9-14-7-5-13-6-8-14/h1-4,13H,5-9H2/p+2. The van der Waals surface area contributed by atoms with E-state index in [1.807, 2.05) is 0 Å². The van der Waals surface area contributed by atoms with E-state index in [4.69, 9.17) is 0 Å². The van der Waals surface area contributed by atoms with Crippen molar-refractivity contribution in [3.63, 3.8) is 0 Å². The van der Waals surface area contributed by atoms with Crippen LogP contribution in [0.3, 0.4) is 0 Å². The van der Waals surface area contributed by atoms with Gasteiger partial charge in [-0.2, -0.15) is 0 Å². The lowest BCUT2D eigenvalue weighted by atomic mass is 10.2. The number of halogens is 1. The Hall–Kier alpha value is -0.380. The van der Waals surface area contributed by atoms with Gasteiger partial charge in [0.1, 0.15) is 32.7 Å². The van der Waals surface area contributed by atoms with Gasteiger partial charge < -0.3 is 10.2 Å². The van der Waals surface area contributed by atoms with Crippen molar-refractivity contribution in [2.24, 2.45) is 0 Å². The summed E-state index contributed by atoms with van der Waals surface area (Å²) in [6, 6.07) is 8.54. The first-order valence-corrected chi connectivity index (χ1v) is 6.04. The number of hydrogen-bond donors (Lipinski definition) is 2. The van der Waals surface area contributed by atoms with E-state index in [0.717, 1.165) is 6.54 Å². The third-order valence-electron chi connectivity index (χ3n) is 2.80. The lowest BCUT2D eigenvalue weighted by Crippen LogP contribution is -3.19. The molecule has 0 atom stereocenters. The fourth-order valence-electron chi connectivity index (χ4n) is 1.97. The van der Waals surface area contributed by atoms with E-state index in [9.17, 15) is 0 Å². The average molecular weight is 257 g/mol. The molecule has 1 aromatic carbocycles. The summed E-state index contributed by atoms with van der Waals surface area (Å²) in [6.45, 7) is 6.30. The number of nitrogens with one attached hydrogen (secondary N) is 1. The molecule has 1 aliphatic heterocycles. The largest absolute Gasteiger partial charge is 0.337 e. The molecule has 0 aliphatic carbocycles. The monoisotopic (exact) mass is 256 g/mol. The molecule has 0 bridgehead atoms. The van der Waals surface area contributed by atoms with Gasteiger partial charge in [0.2, 0.25) is 0 Å². The highest BCUT2D eigenvalue weighted by Gasteiger charge is 2.16. The van der Waals surface area contributed by atoms with Crippen LogP contribution in [-0.4, -0.2) is 26.2 Å². The smallest absolute Gasteiger partial charge is 0.127 e. The van der Waals surface area contributed by atoms with Crippen molar-refractivity contribution in [3.8, 4) is 0 Å². The Labute approximate surface area is 93.4 Å². The van der Waals surface area contributed by atoms with Gasteiger partial charge in [0.15, 0.2) is 0 Å². The highest BCUT2D eigenvalue weighted by atomic mass is 79.9. The Kier molecular flexibility index (Phi) is 3.56. The zero-order valence-electron chi connectivity index (χ0n) is 8.30. The maximum atomic E-state index is 3.60. The van der Waals surface area contributed by atoms with Gasteiger partial charge in [-0.3, -0.25) is 0 Å². The van der Waals surface area contributed by atoms with E-state index in [0.29, 0.717) is 0 Å². The third kappa shape index (κ3) is 2.56. The molecule has 1 aromatic rings. The van der Waals surface area contributed by atoms with Crippen molar-refractivity contribution < 1.29 is 10.2 Å². The third-order valence-corrected chi connectivity index (χ3v) is 3.58. The minimum atomic E-state index is 1.16. The molecule has 76 valence electrons. The molecule has 0 aromatic heterocycles. The maximum Gasteiger partial charge on any atom is 0.127 e. The minimum absolute atomic E-state index is 1.16. The van der Waals surface area contributed by atoms with Gasteiger partial charge in [0.05, 0.1) is 0 Å². The van der Waals surface area contributed by atoms with E-state index in [1.54, 1.807) is 4.90 Å². The molecule has 3 N–H and O–H groups in total. The Balaban J connectivity index is 1.99. The Morgan fingerprint density at radius 2 is 1.93 bits per heavy atom. The zero-order chi connectivity index (χ0) is 9.80. The van der Waals surface area contributed by atoms with Gasteiger partial charge >= 0.3 is 0 Å². The molecule has 2 nitrogen and oxygen atoms in total. The molecule has 1 fully saturated rings. The number of benzene rings is 1. The number of hydrogen-bond acceptors (Lipinski definition) is 0. The topological polar surface area (TPSA) is 21.1 Å². The molecule has 2 rings (SSSR count). The van der Waals surface area contributed by atoms with Crippen LogP contribution >= 0.6 is 15.9 Å². The van der Waals surface area contributed by atoms with Gasteiger partial charge in [0.25, 0.3) is 0 Å². The summed E-state index contributed by atoms with van der Waals surface area (Å²) in [6.07, 6.45) is 0. The van der Waals surface area contributed by atoms with Crippen molar-refractivity contribution in [1.29, 1.82) is 0 Å². The second-order valence-electron chi connectivity index (χ2n) is 3.88. The molecule has 1 aliphatic rings. The fraction of sp³-hybridized carbons (Fsp3) is 0.455. The quantitative estimate of drug-likeness (QED) is 0.707. The lowest BCUT2D eigenvalue weighted by Gasteiger charge is -2.22. The highest BCUT2D eigenvalue weighted by Crippen LogP contribution is 2.14. The van der Waals surface area contributed by atoms with Crippen LogP contribution in [0.4, 0.5) is 0 Å². The van der Waals surface area contributed by atoms with E-state index >= 15 is 0 Å². The summed E-state index contributed by atoms with van der Waals surface area (Å²) in [7, 11) is 0. The summed E-state index contributed by atoms with van der Waals surface area (Å²) in [5.74, 6) is 0. The van der Waals surface area contributed by atoms with Crippen LogP contribution in [-0.2, 0) is 6.54 Å². The molecule has 0 spiro atoms. The van der Waals surface area contributed by atoms with Crippen LogP contribution in [0.15, 0.2) is 28.7 Å². The van der Waals surface area contributed by atoms with Crippen molar-refractivity contribution >= 4 is 15.9 Å². The summed E-state index contributed by atoms with van der Waals surface area (Å²) in [5, 5.41) is 2.41. The lowest BCUT2D eigenvalue weighted by molar-refractivity contribution is -0.958. The van der Waals surface area contributed by atoms with E-state index in [1.165, 1.54) is 36.2 Å². The van der Waals surface area contributed by atoms with Crippen LogP contribution in [0.2, 0.25) is 0 Å². The molecule has 14 heavy (non-hydrogen) atoms. The fourth-order valence-corrected chi connectivity index (χ4v) is 2.39. The van der Waals surface area contributed by atoms with Gasteiger partial charge in [-0.15, -0.1) is 0 Å². The van der Waals surface area contributed by atoms with Gasteiger partial charge in [-0.25, -0.2) is 0 Å². The maximum absolute atomic E-state index is 3.60. The summed E-state index contributed by atoms with van der Waals surface area (Å²) < 4.78 is 1.25. The van der Waals surface area contributed by atoms with Gasteiger partial charge in [-0.05, 0) is 6.07 Å². The Morgan fingerprint density at radius 3 is 2.64 bits per heavy atom. The predicted octanol–water partition coefficient (Wildman–Crippen LogP) is -0.589. The van der Waals surface area contributed by atoms with Crippen LogP contribution < -0.4 is 10.2 Å². The number of rotatable bonds is 2. The second-order valence-corrected chi connectivity index (χ2v) is 4.74. The van der Waals surface area contributed by atoms with Crippen LogP contribution in [0.5, 0.6) is 0 Å². The van der Waals surface area contributed by atoms with Crippen LogP contribution in [0.1, 0.15) is 5.56 Å². The van der Waals surface area contributed by atoms with Crippen LogP contribution in [0.25, 0.3) is 0 Å². The van der Waals surface area contributed by atoms with Gasteiger partial charge in [0, 0.05) is 10.0 Å². The first kappa shape index (κ1) is 10.1. The second kappa shape index (κ2) is 4.91. The van der Waals surface area contributed by atoms with Crippen molar-refractivity contribution in [2.45, 2.75) is 6.54 Å². The van der Waals surface area contributed by atoms with Crippen molar-refractivity contribution in [1.82, 2.24) is 0 Å². The Morgan fingerprint density at radius 1 is 1.21 bits per heavy atom. The summed E-state index contributed by atoms with van der Waals surface area (Å²) >= 11 is 3.60. The minimum Gasteiger partial charge on any atom is -0.337 e. The zero-order valence-corrected chi connectivity index (χ0v) is 9.89. The highest BCUT2D eigenvalue weighted by molar-refractivity contribution is 9.10. The van der Waals surface area contributed by atoms with E-state index in [-0.39, 0.29) is 0 Å². The molecule has 0 amide bonds. The molecule has 1 heterocycles. The molecule has 1 saturated heterocycles. The molecule has 3 heteroatoms. The first-order valence-electron chi connectivity index (χ1n) is 5.25. The van der Waals surface area contributed by atoms with Crippen molar-refractivity contribution in [3.05, 3.63) is 34.3 Å². The summed E-state index contributed by atoms with van der Waals surface area (Å²) in [5.41, 5.74) is 1.43. The molecular weight excluding hydrogens is 240 g/mol. The SMILES string of the molecule is Brc1ccccc1C[NH+]1CC[NH2+]CC1. The first-order chi connectivity index (χ1) is 6.86.